The molecule has 27 heavy (non-hydrogen) atoms. The van der Waals surface area contributed by atoms with Gasteiger partial charge in [-0.25, -0.2) is 9.97 Å². The van der Waals surface area contributed by atoms with Crippen molar-refractivity contribution < 1.29 is 14.3 Å². The summed E-state index contributed by atoms with van der Waals surface area (Å²) in [4.78, 5) is 34.8. The van der Waals surface area contributed by atoms with Gasteiger partial charge in [0, 0.05) is 16.3 Å². The second kappa shape index (κ2) is 9.01. The summed E-state index contributed by atoms with van der Waals surface area (Å²) in [7, 11) is 0. The van der Waals surface area contributed by atoms with Crippen LogP contribution in [0.2, 0.25) is 0 Å². The second-order valence-electron chi connectivity index (χ2n) is 7.03. The number of carbonyl (C=O) groups excluding carboxylic acids is 2. The first kappa shape index (κ1) is 20.1. The van der Waals surface area contributed by atoms with Crippen LogP contribution in [-0.4, -0.2) is 40.2 Å². The number of esters is 1. The van der Waals surface area contributed by atoms with E-state index >= 15 is 0 Å². The molecule has 3 rings (SSSR count). The zero-order valence-corrected chi connectivity index (χ0v) is 17.5. The number of nitrogens with zero attached hydrogens (tertiary/aromatic N) is 2. The Morgan fingerprint density at radius 3 is 2.85 bits per heavy atom. The maximum Gasteiger partial charge on any atom is 0.316 e. The average Bonchev–Trinajstić information content (AvgIpc) is 2.95. The lowest BCUT2D eigenvalue weighted by atomic mass is 9.86. The highest BCUT2D eigenvalue weighted by molar-refractivity contribution is 8.00. The van der Waals surface area contributed by atoms with Crippen molar-refractivity contribution in [2.75, 3.05) is 12.4 Å². The highest BCUT2D eigenvalue weighted by Crippen LogP contribution is 2.34. The summed E-state index contributed by atoms with van der Waals surface area (Å²) in [6.45, 7) is 6.02. The minimum Gasteiger partial charge on any atom is -0.455 e. The summed E-state index contributed by atoms with van der Waals surface area (Å²) in [5, 5.41) is 4.77. The number of carbonyl (C=O) groups is 2. The molecule has 2 aromatic heterocycles. The third-order valence-corrected chi connectivity index (χ3v) is 7.16. The van der Waals surface area contributed by atoms with E-state index in [1.807, 2.05) is 6.92 Å². The number of thiophene rings is 1. The molecule has 1 aliphatic rings. The van der Waals surface area contributed by atoms with Gasteiger partial charge >= 0.3 is 5.97 Å². The molecule has 0 saturated heterocycles. The Morgan fingerprint density at radius 2 is 2.07 bits per heavy atom. The molecule has 8 heteroatoms. The third-order valence-electron chi connectivity index (χ3n) is 5.08. The quantitative estimate of drug-likeness (QED) is 0.447. The normalized spacial score (nSPS) is 19.8. The van der Waals surface area contributed by atoms with Crippen molar-refractivity contribution in [3.8, 4) is 0 Å². The first-order chi connectivity index (χ1) is 13.0. The van der Waals surface area contributed by atoms with E-state index in [0.29, 0.717) is 5.92 Å². The molecule has 2 atom stereocenters. The van der Waals surface area contributed by atoms with Crippen LogP contribution in [0.15, 0.2) is 11.4 Å². The van der Waals surface area contributed by atoms with Gasteiger partial charge in [0.1, 0.15) is 16.2 Å². The molecule has 146 valence electrons. The molecule has 6 nitrogen and oxygen atoms in total. The van der Waals surface area contributed by atoms with E-state index in [4.69, 9.17) is 4.74 Å². The van der Waals surface area contributed by atoms with Gasteiger partial charge in [0.25, 0.3) is 5.91 Å². The van der Waals surface area contributed by atoms with E-state index in [1.165, 1.54) is 29.4 Å². The molecule has 0 bridgehead atoms. The predicted octanol–water partition coefficient (Wildman–Crippen LogP) is 3.64. The molecule has 1 saturated carbocycles. The highest BCUT2D eigenvalue weighted by Gasteiger charge is 2.23. The second-order valence-corrected chi connectivity index (χ2v) is 9.19. The standard InChI is InChI=1S/C19H25N3O3S2/c1-11-6-4-5-7-14(11)22-15(23)8-25-16(24)9-26-18-17-12(2)13(3)27-19(17)21-10-20-18/h10-11,14H,4-9H2,1-3H3,(H,22,23)/t11-,14-/m0/s1. The van der Waals surface area contributed by atoms with E-state index in [0.717, 1.165) is 40.1 Å². The molecule has 0 radical (unpaired) electrons. The topological polar surface area (TPSA) is 81.2 Å². The smallest absolute Gasteiger partial charge is 0.316 e. The van der Waals surface area contributed by atoms with Crippen LogP contribution in [0.25, 0.3) is 10.2 Å². The van der Waals surface area contributed by atoms with Crippen LogP contribution in [0.1, 0.15) is 43.0 Å². The van der Waals surface area contributed by atoms with Crippen LogP contribution in [-0.2, 0) is 14.3 Å². The van der Waals surface area contributed by atoms with Crippen molar-refractivity contribution in [3.05, 3.63) is 16.8 Å². The summed E-state index contributed by atoms with van der Waals surface area (Å²) in [6, 6.07) is 0.193. The maximum absolute atomic E-state index is 12.0. The van der Waals surface area contributed by atoms with E-state index in [-0.39, 0.29) is 24.3 Å². The Labute approximate surface area is 167 Å². The number of ether oxygens (including phenoxy) is 1. The molecular weight excluding hydrogens is 382 g/mol. The largest absolute Gasteiger partial charge is 0.455 e. The summed E-state index contributed by atoms with van der Waals surface area (Å²) >= 11 is 2.95. The summed E-state index contributed by atoms with van der Waals surface area (Å²) < 4.78 is 5.14. The molecule has 0 aromatic carbocycles. The number of rotatable bonds is 6. The van der Waals surface area contributed by atoms with Crippen LogP contribution >= 0.6 is 23.1 Å². The Morgan fingerprint density at radius 1 is 1.30 bits per heavy atom. The molecule has 1 amide bonds. The summed E-state index contributed by atoms with van der Waals surface area (Å²) in [6.07, 6.45) is 6.01. The lowest BCUT2D eigenvalue weighted by Crippen LogP contribution is -2.43. The van der Waals surface area contributed by atoms with Gasteiger partial charge in [0.2, 0.25) is 0 Å². The molecule has 0 spiro atoms. The van der Waals surface area contributed by atoms with Gasteiger partial charge in [-0.1, -0.05) is 31.5 Å². The molecule has 1 aliphatic carbocycles. The number of amides is 1. The van der Waals surface area contributed by atoms with Crippen molar-refractivity contribution in [1.82, 2.24) is 15.3 Å². The number of hydrogen-bond donors (Lipinski definition) is 1. The number of nitrogens with one attached hydrogen (secondary N) is 1. The van der Waals surface area contributed by atoms with Crippen molar-refractivity contribution >= 4 is 45.2 Å². The monoisotopic (exact) mass is 407 g/mol. The summed E-state index contributed by atoms with van der Waals surface area (Å²) in [5.74, 6) is -0.0384. The van der Waals surface area contributed by atoms with Gasteiger partial charge in [0.15, 0.2) is 6.61 Å². The van der Waals surface area contributed by atoms with E-state index in [1.54, 1.807) is 11.3 Å². The van der Waals surface area contributed by atoms with Gasteiger partial charge in [0.05, 0.1) is 5.75 Å². The lowest BCUT2D eigenvalue weighted by molar-refractivity contribution is -0.146. The first-order valence-electron chi connectivity index (χ1n) is 9.24. The van der Waals surface area contributed by atoms with Gasteiger partial charge < -0.3 is 10.1 Å². The number of fused-ring (bicyclic) bond motifs is 1. The van der Waals surface area contributed by atoms with Crippen LogP contribution < -0.4 is 5.32 Å². The summed E-state index contributed by atoms with van der Waals surface area (Å²) in [5.41, 5.74) is 1.15. The van der Waals surface area contributed by atoms with Crippen LogP contribution in [0, 0.1) is 19.8 Å². The van der Waals surface area contributed by atoms with Gasteiger partial charge in [-0.15, -0.1) is 11.3 Å². The van der Waals surface area contributed by atoms with Crippen LogP contribution in [0.3, 0.4) is 0 Å². The predicted molar refractivity (Wildman–Crippen MR) is 108 cm³/mol. The Kier molecular flexibility index (Phi) is 6.70. The average molecular weight is 408 g/mol. The van der Waals surface area contributed by atoms with Crippen molar-refractivity contribution in [1.29, 1.82) is 0 Å². The molecule has 2 aromatic rings. The SMILES string of the molecule is Cc1sc2ncnc(SCC(=O)OCC(=O)N[C@H]3CCCC[C@@H]3C)c2c1C. The van der Waals surface area contributed by atoms with Crippen LogP contribution in [0.4, 0.5) is 0 Å². The Balaban J connectivity index is 1.48. The highest BCUT2D eigenvalue weighted by atomic mass is 32.2. The third kappa shape index (κ3) is 4.99. The minimum atomic E-state index is -0.414. The number of aromatic nitrogens is 2. The van der Waals surface area contributed by atoms with E-state index < -0.39 is 5.97 Å². The molecule has 0 unspecified atom stereocenters. The van der Waals surface area contributed by atoms with Crippen molar-refractivity contribution in [2.45, 2.75) is 57.5 Å². The zero-order valence-electron chi connectivity index (χ0n) is 15.9. The molecular formula is C19H25N3O3S2. The number of aryl methyl sites for hydroxylation is 2. The molecule has 1 N–H and O–H groups in total. The van der Waals surface area contributed by atoms with Gasteiger partial charge in [-0.05, 0) is 38.2 Å². The number of thioether (sulfide) groups is 1. The van der Waals surface area contributed by atoms with Crippen molar-refractivity contribution in [3.63, 3.8) is 0 Å². The van der Waals surface area contributed by atoms with Crippen molar-refractivity contribution in [2.24, 2.45) is 5.92 Å². The lowest BCUT2D eigenvalue weighted by Gasteiger charge is -2.29. The first-order valence-corrected chi connectivity index (χ1v) is 11.0. The Hall–Kier alpha value is -1.67. The Bertz CT molecular complexity index is 837. The number of hydrogen-bond acceptors (Lipinski definition) is 7. The fourth-order valence-electron chi connectivity index (χ4n) is 3.35. The fraction of sp³-hybridized carbons (Fsp3) is 0.579. The maximum atomic E-state index is 12.0. The van der Waals surface area contributed by atoms with Gasteiger partial charge in [-0.3, -0.25) is 9.59 Å². The molecule has 2 heterocycles. The fourth-order valence-corrected chi connectivity index (χ4v) is 5.27. The molecule has 0 aliphatic heterocycles. The van der Waals surface area contributed by atoms with Gasteiger partial charge in [-0.2, -0.15) is 0 Å². The molecule has 1 fully saturated rings. The van der Waals surface area contributed by atoms with E-state index in [2.05, 4.69) is 29.1 Å². The van der Waals surface area contributed by atoms with E-state index in [9.17, 15) is 9.59 Å². The minimum absolute atomic E-state index is 0.119. The van der Waals surface area contributed by atoms with Crippen LogP contribution in [0.5, 0.6) is 0 Å². The zero-order chi connectivity index (χ0) is 19.4.